The van der Waals surface area contributed by atoms with Gasteiger partial charge in [-0.25, -0.2) is 0 Å². The molecule has 346 valence electrons. The van der Waals surface area contributed by atoms with Crippen LogP contribution in [0.1, 0.15) is 219 Å². The van der Waals surface area contributed by atoms with Crippen LogP contribution in [0, 0.1) is 0 Å². The van der Waals surface area contributed by atoms with E-state index in [-0.39, 0.29) is 32.0 Å². The van der Waals surface area contributed by atoms with Crippen LogP contribution in [-0.2, 0) is 28.5 Å². The molecule has 0 aromatic carbocycles. The molecule has 1 aliphatic rings. The van der Waals surface area contributed by atoms with Crippen LogP contribution in [-0.4, -0.2) is 89.0 Å². The summed E-state index contributed by atoms with van der Waals surface area (Å²) in [6, 6.07) is 0. The standard InChI is InChI=1S/C49H90O10/c1-3-5-7-9-11-13-15-17-19-21-23-25-27-29-31-33-35-37-44(51)56-40-42(41-57-49-48(55)47(54)46(53)43(39-50)59-49)58-45(52)38-36-34-32-30-28-26-24-22-20-18-16-14-12-10-8-6-4-2/h17-20,42-43,46-50,53-55H,3-16,21-41H2,1-2H3/b19-17+,20-18+/t42-,43-,46+,47?,48?,49-/m0/s1. The van der Waals surface area contributed by atoms with Crippen LogP contribution < -0.4 is 0 Å². The fraction of sp³-hybridized carbons (Fsp3) is 0.878. The van der Waals surface area contributed by atoms with Gasteiger partial charge >= 0.3 is 11.9 Å². The minimum Gasteiger partial charge on any atom is -0.462 e. The number of esters is 2. The highest BCUT2D eigenvalue weighted by Gasteiger charge is 2.44. The predicted molar refractivity (Wildman–Crippen MR) is 238 cm³/mol. The SMILES string of the molecule is CCCCCCCC/C=C/CCCCCCCCCC(=O)OC[C@@H](CO[C@H]1O[C@@H](CO)[C@@H](O)C(O)C1O)OC(=O)CCCCCCCCC/C=C/CCCCCCCC. The maximum Gasteiger partial charge on any atom is 0.306 e. The van der Waals surface area contributed by atoms with Gasteiger partial charge in [0.15, 0.2) is 12.4 Å². The number of carbonyl (C=O) groups excluding carboxylic acids is 2. The minimum atomic E-state index is -1.59. The second kappa shape index (κ2) is 40.3. The summed E-state index contributed by atoms with van der Waals surface area (Å²) < 4.78 is 22.2. The Hall–Kier alpha value is -1.82. The molecular weight excluding hydrogens is 749 g/mol. The number of unbranched alkanes of at least 4 members (excludes halogenated alkanes) is 26. The lowest BCUT2D eigenvalue weighted by atomic mass is 9.99. The summed E-state index contributed by atoms with van der Waals surface area (Å²) in [5.41, 5.74) is 0. The molecule has 0 aliphatic carbocycles. The summed E-state index contributed by atoms with van der Waals surface area (Å²) in [4.78, 5) is 25.4. The normalized spacial score (nSPS) is 20.1. The van der Waals surface area contributed by atoms with Crippen LogP contribution in [0.15, 0.2) is 24.3 Å². The molecule has 0 spiro atoms. The van der Waals surface area contributed by atoms with Crippen molar-refractivity contribution in [2.24, 2.45) is 0 Å². The fourth-order valence-electron chi connectivity index (χ4n) is 7.41. The Kier molecular flexibility index (Phi) is 37.7. The van der Waals surface area contributed by atoms with Crippen LogP contribution in [0.25, 0.3) is 0 Å². The van der Waals surface area contributed by atoms with Gasteiger partial charge in [0.25, 0.3) is 0 Å². The van der Waals surface area contributed by atoms with Gasteiger partial charge in [0.05, 0.1) is 13.2 Å². The quantitative estimate of drug-likeness (QED) is 0.0266. The van der Waals surface area contributed by atoms with Gasteiger partial charge in [0, 0.05) is 12.8 Å². The van der Waals surface area contributed by atoms with Crippen LogP contribution in [0.5, 0.6) is 0 Å². The number of rotatable bonds is 41. The van der Waals surface area contributed by atoms with Crippen molar-refractivity contribution in [1.29, 1.82) is 0 Å². The molecule has 6 atom stereocenters. The van der Waals surface area contributed by atoms with Gasteiger partial charge in [-0.05, 0) is 64.2 Å². The van der Waals surface area contributed by atoms with E-state index in [9.17, 15) is 30.0 Å². The van der Waals surface area contributed by atoms with Crippen molar-refractivity contribution in [3.63, 3.8) is 0 Å². The molecule has 0 radical (unpaired) electrons. The smallest absolute Gasteiger partial charge is 0.306 e. The first-order chi connectivity index (χ1) is 28.8. The van der Waals surface area contributed by atoms with Gasteiger partial charge < -0.3 is 39.4 Å². The van der Waals surface area contributed by atoms with E-state index in [1.807, 2.05) is 0 Å². The summed E-state index contributed by atoms with van der Waals surface area (Å²) in [7, 11) is 0. The second-order valence-electron chi connectivity index (χ2n) is 16.9. The first-order valence-electron chi connectivity index (χ1n) is 24.4. The number of ether oxygens (including phenoxy) is 4. The Morgan fingerprint density at radius 3 is 1.32 bits per heavy atom. The van der Waals surface area contributed by atoms with Crippen molar-refractivity contribution < 1.29 is 49.0 Å². The number of carbonyl (C=O) groups is 2. The van der Waals surface area contributed by atoms with Crippen molar-refractivity contribution in [2.75, 3.05) is 19.8 Å². The molecule has 10 heteroatoms. The Labute approximate surface area is 360 Å². The van der Waals surface area contributed by atoms with Gasteiger partial charge in [0.2, 0.25) is 0 Å². The van der Waals surface area contributed by atoms with Crippen LogP contribution in [0.3, 0.4) is 0 Å². The summed E-state index contributed by atoms with van der Waals surface area (Å²) in [5.74, 6) is -0.809. The molecule has 1 saturated heterocycles. The third kappa shape index (κ3) is 31.7. The third-order valence-electron chi connectivity index (χ3n) is 11.3. The number of allylic oxidation sites excluding steroid dienone is 4. The maximum absolute atomic E-state index is 12.8. The van der Waals surface area contributed by atoms with Gasteiger partial charge in [-0.1, -0.05) is 167 Å². The number of hydrogen-bond acceptors (Lipinski definition) is 10. The molecule has 59 heavy (non-hydrogen) atoms. The lowest BCUT2D eigenvalue weighted by Gasteiger charge is -2.39. The summed E-state index contributed by atoms with van der Waals surface area (Å²) in [6.45, 7) is 3.43. The molecule has 1 heterocycles. The van der Waals surface area contributed by atoms with E-state index < -0.39 is 49.4 Å². The van der Waals surface area contributed by atoms with Crippen molar-refractivity contribution in [3.8, 4) is 0 Å². The van der Waals surface area contributed by atoms with E-state index in [4.69, 9.17) is 18.9 Å². The topological polar surface area (TPSA) is 152 Å². The highest BCUT2D eigenvalue weighted by atomic mass is 16.7. The van der Waals surface area contributed by atoms with Crippen molar-refractivity contribution in [2.45, 2.75) is 256 Å². The van der Waals surface area contributed by atoms with Crippen LogP contribution >= 0.6 is 0 Å². The average Bonchev–Trinajstić information content (AvgIpc) is 3.23. The molecule has 10 nitrogen and oxygen atoms in total. The number of aliphatic hydroxyl groups excluding tert-OH is 4. The van der Waals surface area contributed by atoms with E-state index in [0.29, 0.717) is 6.42 Å². The second-order valence-corrected chi connectivity index (χ2v) is 16.9. The molecule has 4 N–H and O–H groups in total. The monoisotopic (exact) mass is 839 g/mol. The Morgan fingerprint density at radius 2 is 0.898 bits per heavy atom. The molecular formula is C49H90O10. The maximum atomic E-state index is 12.8. The number of hydrogen-bond donors (Lipinski definition) is 4. The third-order valence-corrected chi connectivity index (χ3v) is 11.3. The highest BCUT2D eigenvalue weighted by molar-refractivity contribution is 5.70. The Balaban J connectivity index is 2.29. The number of aliphatic hydroxyl groups is 4. The van der Waals surface area contributed by atoms with Gasteiger partial charge in [-0.2, -0.15) is 0 Å². The van der Waals surface area contributed by atoms with Gasteiger partial charge in [-0.3, -0.25) is 9.59 Å². The summed E-state index contributed by atoms with van der Waals surface area (Å²) in [6.07, 6.45) is 37.5. The fourth-order valence-corrected chi connectivity index (χ4v) is 7.41. The first-order valence-corrected chi connectivity index (χ1v) is 24.4. The minimum absolute atomic E-state index is 0.219. The molecule has 0 amide bonds. The molecule has 0 saturated carbocycles. The van der Waals surface area contributed by atoms with Crippen LogP contribution in [0.4, 0.5) is 0 Å². The zero-order valence-electron chi connectivity index (χ0n) is 37.8. The summed E-state index contributed by atoms with van der Waals surface area (Å²) in [5, 5.41) is 40.1. The Bertz CT molecular complexity index is 1020. The molecule has 1 aliphatic heterocycles. The molecule has 2 unspecified atom stereocenters. The Morgan fingerprint density at radius 1 is 0.508 bits per heavy atom. The molecule has 0 aromatic heterocycles. The highest BCUT2D eigenvalue weighted by Crippen LogP contribution is 2.23. The molecule has 1 rings (SSSR count). The van der Waals surface area contributed by atoms with Gasteiger partial charge in [0.1, 0.15) is 31.0 Å². The van der Waals surface area contributed by atoms with Gasteiger partial charge in [-0.15, -0.1) is 0 Å². The van der Waals surface area contributed by atoms with Crippen LogP contribution in [0.2, 0.25) is 0 Å². The van der Waals surface area contributed by atoms with E-state index >= 15 is 0 Å². The van der Waals surface area contributed by atoms with Crippen molar-refractivity contribution >= 4 is 11.9 Å². The first kappa shape index (κ1) is 55.2. The lowest BCUT2D eigenvalue weighted by molar-refractivity contribution is -0.305. The largest absolute Gasteiger partial charge is 0.462 e. The zero-order valence-corrected chi connectivity index (χ0v) is 37.8. The predicted octanol–water partition coefficient (Wildman–Crippen LogP) is 10.9. The summed E-state index contributed by atoms with van der Waals surface area (Å²) >= 11 is 0. The van der Waals surface area contributed by atoms with E-state index in [1.54, 1.807) is 0 Å². The average molecular weight is 839 g/mol. The van der Waals surface area contributed by atoms with Crippen molar-refractivity contribution in [3.05, 3.63) is 24.3 Å². The van der Waals surface area contributed by atoms with E-state index in [1.165, 1.54) is 128 Å². The molecule has 0 aromatic rings. The van der Waals surface area contributed by atoms with Crippen molar-refractivity contribution in [1.82, 2.24) is 0 Å². The molecule has 1 fully saturated rings. The molecule has 0 bridgehead atoms. The van der Waals surface area contributed by atoms with E-state index in [0.717, 1.165) is 57.8 Å². The van der Waals surface area contributed by atoms with E-state index in [2.05, 4.69) is 38.2 Å². The lowest BCUT2D eigenvalue weighted by Crippen LogP contribution is -2.59. The zero-order chi connectivity index (χ0) is 43.0.